The van der Waals surface area contributed by atoms with Gasteiger partial charge in [0.25, 0.3) is 0 Å². The van der Waals surface area contributed by atoms with Crippen molar-refractivity contribution in [3.63, 3.8) is 0 Å². The zero-order chi connectivity index (χ0) is 19.1. The summed E-state index contributed by atoms with van der Waals surface area (Å²) in [6, 6.07) is 4.67. The van der Waals surface area contributed by atoms with E-state index < -0.39 is 11.6 Å². The highest BCUT2D eigenvalue weighted by molar-refractivity contribution is 14.0. The van der Waals surface area contributed by atoms with Gasteiger partial charge in [0.05, 0.1) is 6.61 Å². The fraction of sp³-hybridized carbons (Fsp3) is 0.650. The second-order valence-electron chi connectivity index (χ2n) is 7.41. The lowest BCUT2D eigenvalue weighted by molar-refractivity contribution is 0.150. The molecule has 1 unspecified atom stereocenters. The van der Waals surface area contributed by atoms with Gasteiger partial charge in [-0.05, 0) is 43.2 Å². The summed E-state index contributed by atoms with van der Waals surface area (Å²) in [5, 5.41) is 6.65. The molecule has 8 heteroatoms. The minimum atomic E-state index is -0.800. The summed E-state index contributed by atoms with van der Waals surface area (Å²) >= 11 is 0. The minimum Gasteiger partial charge on any atom is -0.381 e. The number of hydrogen-bond acceptors (Lipinski definition) is 3. The summed E-state index contributed by atoms with van der Waals surface area (Å²) < 4.78 is 32.4. The van der Waals surface area contributed by atoms with Crippen LogP contribution in [0, 0.1) is 17.6 Å². The van der Waals surface area contributed by atoms with Crippen molar-refractivity contribution >= 4 is 29.9 Å². The van der Waals surface area contributed by atoms with E-state index in [1.807, 2.05) is 0 Å². The fourth-order valence-electron chi connectivity index (χ4n) is 3.80. The van der Waals surface area contributed by atoms with Gasteiger partial charge in [-0.3, -0.25) is 4.99 Å². The van der Waals surface area contributed by atoms with Crippen molar-refractivity contribution in [1.82, 2.24) is 15.5 Å². The molecule has 2 aliphatic heterocycles. The van der Waals surface area contributed by atoms with Gasteiger partial charge in [0.15, 0.2) is 17.6 Å². The monoisotopic (exact) mass is 508 g/mol. The molecular weight excluding hydrogens is 477 g/mol. The Balaban J connectivity index is 0.00000280. The van der Waals surface area contributed by atoms with Crippen molar-refractivity contribution in [2.75, 3.05) is 46.4 Å². The van der Waals surface area contributed by atoms with E-state index in [-0.39, 0.29) is 24.0 Å². The third kappa shape index (κ3) is 6.81. The quantitative estimate of drug-likeness (QED) is 0.353. The second-order valence-corrected chi connectivity index (χ2v) is 7.41. The van der Waals surface area contributed by atoms with E-state index in [2.05, 4.69) is 20.5 Å². The number of guanidine groups is 1. The molecule has 1 aromatic carbocycles. The number of rotatable bonds is 6. The van der Waals surface area contributed by atoms with Gasteiger partial charge < -0.3 is 20.3 Å². The fourth-order valence-corrected chi connectivity index (χ4v) is 3.80. The van der Waals surface area contributed by atoms with Crippen molar-refractivity contribution in [3.05, 3.63) is 35.4 Å². The molecule has 0 radical (unpaired) electrons. The normalized spacial score (nSPS) is 21.4. The molecule has 1 aromatic rings. The molecule has 0 amide bonds. The van der Waals surface area contributed by atoms with E-state index >= 15 is 0 Å². The van der Waals surface area contributed by atoms with Crippen LogP contribution in [0.5, 0.6) is 0 Å². The van der Waals surface area contributed by atoms with Crippen LogP contribution in [0.1, 0.15) is 24.8 Å². The molecule has 0 spiro atoms. The molecule has 158 valence electrons. The number of benzene rings is 1. The number of nitrogens with one attached hydrogen (secondary N) is 2. The molecule has 28 heavy (non-hydrogen) atoms. The van der Waals surface area contributed by atoms with E-state index in [1.54, 1.807) is 13.1 Å². The van der Waals surface area contributed by atoms with Crippen LogP contribution < -0.4 is 10.6 Å². The Hall–Kier alpha value is -1.00. The van der Waals surface area contributed by atoms with E-state index in [9.17, 15) is 8.78 Å². The van der Waals surface area contributed by atoms with Gasteiger partial charge in [0.1, 0.15) is 0 Å². The van der Waals surface area contributed by atoms with Crippen LogP contribution in [0.15, 0.2) is 23.2 Å². The molecule has 2 N–H and O–H groups in total. The van der Waals surface area contributed by atoms with E-state index in [0.717, 1.165) is 57.7 Å². The van der Waals surface area contributed by atoms with Crippen LogP contribution in [0.4, 0.5) is 8.78 Å². The molecule has 0 bridgehead atoms. The highest BCUT2D eigenvalue weighted by atomic mass is 127. The van der Waals surface area contributed by atoms with Crippen LogP contribution in [-0.4, -0.2) is 63.3 Å². The maximum absolute atomic E-state index is 13.7. The summed E-state index contributed by atoms with van der Waals surface area (Å²) in [5.74, 6) is -0.158. The number of piperidine rings is 1. The van der Waals surface area contributed by atoms with Crippen LogP contribution in [0.25, 0.3) is 0 Å². The van der Waals surface area contributed by atoms with Crippen molar-refractivity contribution in [1.29, 1.82) is 0 Å². The molecular formula is C20H31F2IN4O. The summed E-state index contributed by atoms with van der Waals surface area (Å²) in [6.07, 6.45) is 3.74. The number of halogens is 3. The third-order valence-corrected chi connectivity index (χ3v) is 5.41. The third-order valence-electron chi connectivity index (χ3n) is 5.41. The number of hydrogen-bond donors (Lipinski definition) is 2. The van der Waals surface area contributed by atoms with Gasteiger partial charge in [0.2, 0.25) is 0 Å². The standard InChI is InChI=1S/C20H30F2N4O.HI/c1-23-20(24-9-5-16-3-2-4-18(21)19(16)22)25-17-6-10-26(11-7-17)13-15-8-12-27-14-15;/h2-4,15,17H,5-14H2,1H3,(H2,23,24,25);1H. The number of nitrogens with zero attached hydrogens (tertiary/aromatic N) is 2. The van der Waals surface area contributed by atoms with Crippen molar-refractivity contribution in [3.8, 4) is 0 Å². The van der Waals surface area contributed by atoms with Gasteiger partial charge in [-0.25, -0.2) is 8.78 Å². The molecule has 2 fully saturated rings. The lowest BCUT2D eigenvalue weighted by atomic mass is 10.0. The Bertz CT molecular complexity index is 633. The molecule has 2 saturated heterocycles. The van der Waals surface area contributed by atoms with Crippen LogP contribution in [-0.2, 0) is 11.2 Å². The molecule has 0 aromatic heterocycles. The van der Waals surface area contributed by atoms with Crippen LogP contribution in [0.3, 0.4) is 0 Å². The topological polar surface area (TPSA) is 48.9 Å². The van der Waals surface area contributed by atoms with Gasteiger partial charge in [-0.15, -0.1) is 24.0 Å². The average molecular weight is 508 g/mol. The van der Waals surface area contributed by atoms with E-state index in [0.29, 0.717) is 30.5 Å². The highest BCUT2D eigenvalue weighted by Crippen LogP contribution is 2.17. The summed E-state index contributed by atoms with van der Waals surface area (Å²) in [6.45, 7) is 5.61. The lowest BCUT2D eigenvalue weighted by Gasteiger charge is -2.34. The second kappa shape index (κ2) is 11.9. The van der Waals surface area contributed by atoms with Crippen LogP contribution in [0.2, 0.25) is 0 Å². The first kappa shape index (κ1) is 23.3. The van der Waals surface area contributed by atoms with Gasteiger partial charge >= 0.3 is 0 Å². The maximum atomic E-state index is 13.7. The maximum Gasteiger partial charge on any atom is 0.191 e. The molecule has 0 aliphatic carbocycles. The Morgan fingerprint density at radius 2 is 2.04 bits per heavy atom. The summed E-state index contributed by atoms with van der Waals surface area (Å²) in [4.78, 5) is 6.78. The highest BCUT2D eigenvalue weighted by Gasteiger charge is 2.24. The molecule has 2 aliphatic rings. The average Bonchev–Trinajstić information content (AvgIpc) is 3.19. The Morgan fingerprint density at radius 3 is 2.71 bits per heavy atom. The lowest BCUT2D eigenvalue weighted by Crippen LogP contribution is -2.49. The van der Waals surface area contributed by atoms with E-state index in [1.165, 1.54) is 12.5 Å². The zero-order valence-corrected chi connectivity index (χ0v) is 18.8. The first-order valence-electron chi connectivity index (χ1n) is 9.86. The Morgan fingerprint density at radius 1 is 1.25 bits per heavy atom. The molecule has 5 nitrogen and oxygen atoms in total. The number of aliphatic imine (C=N–C) groups is 1. The first-order chi connectivity index (χ1) is 13.2. The van der Waals surface area contributed by atoms with Crippen molar-refractivity contribution in [2.24, 2.45) is 10.9 Å². The Labute approximate surface area is 183 Å². The molecule has 1 atom stereocenters. The SMILES string of the molecule is CN=C(NCCc1cccc(F)c1F)NC1CCN(CC2CCOC2)CC1.I. The number of ether oxygens (including phenoxy) is 1. The van der Waals surface area contributed by atoms with Gasteiger partial charge in [-0.1, -0.05) is 12.1 Å². The van der Waals surface area contributed by atoms with Gasteiger partial charge in [-0.2, -0.15) is 0 Å². The zero-order valence-electron chi connectivity index (χ0n) is 16.4. The first-order valence-corrected chi connectivity index (χ1v) is 9.86. The van der Waals surface area contributed by atoms with Crippen molar-refractivity contribution < 1.29 is 13.5 Å². The van der Waals surface area contributed by atoms with Gasteiger partial charge in [0, 0.05) is 45.9 Å². The summed E-state index contributed by atoms with van der Waals surface area (Å²) in [5.41, 5.74) is 0.377. The molecule has 0 saturated carbocycles. The van der Waals surface area contributed by atoms with Crippen molar-refractivity contribution in [2.45, 2.75) is 31.7 Å². The smallest absolute Gasteiger partial charge is 0.191 e. The predicted molar refractivity (Wildman–Crippen MR) is 118 cm³/mol. The summed E-state index contributed by atoms with van der Waals surface area (Å²) in [7, 11) is 1.73. The minimum absolute atomic E-state index is 0. The van der Waals surface area contributed by atoms with E-state index in [4.69, 9.17) is 4.74 Å². The predicted octanol–water partition coefficient (Wildman–Crippen LogP) is 2.79. The largest absolute Gasteiger partial charge is 0.381 e. The number of likely N-dealkylation sites (tertiary alicyclic amines) is 1. The van der Waals surface area contributed by atoms with Crippen LogP contribution >= 0.6 is 24.0 Å². The molecule has 2 heterocycles. The Kier molecular flexibility index (Phi) is 9.87. The molecule has 3 rings (SSSR count).